The van der Waals surface area contributed by atoms with Crippen LogP contribution >= 0.6 is 0 Å². The van der Waals surface area contributed by atoms with E-state index in [4.69, 9.17) is 10.5 Å². The Morgan fingerprint density at radius 1 is 1.17 bits per heavy atom. The van der Waals surface area contributed by atoms with E-state index in [1.165, 1.54) is 19.2 Å². The molecule has 0 fully saturated rings. The summed E-state index contributed by atoms with van der Waals surface area (Å²) >= 11 is 0. The van der Waals surface area contributed by atoms with E-state index < -0.39 is 5.82 Å². The maximum atomic E-state index is 15.4. The number of halogens is 1. The number of anilines is 1. The van der Waals surface area contributed by atoms with Crippen LogP contribution in [0.15, 0.2) is 108 Å². The zero-order chi connectivity index (χ0) is 25.7. The fourth-order valence-electron chi connectivity index (χ4n) is 3.95. The average Bonchev–Trinajstić information content (AvgIpc) is 2.85. The fraction of sp³-hybridized carbons (Fsp3) is 0.0690. The molecule has 4 rings (SSSR count). The summed E-state index contributed by atoms with van der Waals surface area (Å²) < 4.78 is 21.1. The molecular weight excluding hydrogens is 455 g/mol. The molecule has 2 aromatic carbocycles. The third kappa shape index (κ3) is 5.15. The predicted octanol–water partition coefficient (Wildman–Crippen LogP) is 6.27. The van der Waals surface area contributed by atoms with Gasteiger partial charge in [-0.05, 0) is 48.9 Å². The number of amides is 1. The van der Waals surface area contributed by atoms with Crippen LogP contribution in [-0.4, -0.2) is 16.6 Å². The number of allylic oxidation sites excluding steroid dienone is 5. The summed E-state index contributed by atoms with van der Waals surface area (Å²) in [6.45, 7) is 7.02. The zero-order valence-electron chi connectivity index (χ0n) is 20.0. The molecule has 0 unspecified atom stereocenters. The smallest absolute Gasteiger partial charge is 0.221 e. The van der Waals surface area contributed by atoms with Crippen LogP contribution in [0.4, 0.5) is 10.1 Å². The zero-order valence-corrected chi connectivity index (χ0v) is 20.0. The minimum absolute atomic E-state index is 0.182. The number of pyridine rings is 1. The number of hydrogen-bond acceptors (Lipinski definition) is 5. The summed E-state index contributed by atoms with van der Waals surface area (Å²) in [7, 11) is 0. The summed E-state index contributed by atoms with van der Waals surface area (Å²) in [6, 6.07) is 17.2. The Bertz CT molecular complexity index is 1450. The third-order valence-corrected chi connectivity index (χ3v) is 5.47. The van der Waals surface area contributed by atoms with Crippen molar-refractivity contribution in [3.63, 3.8) is 0 Å². The van der Waals surface area contributed by atoms with Crippen molar-refractivity contribution < 1.29 is 13.9 Å². The first-order valence-corrected chi connectivity index (χ1v) is 11.3. The highest BCUT2D eigenvalue weighted by Gasteiger charge is 2.26. The maximum Gasteiger partial charge on any atom is 0.221 e. The van der Waals surface area contributed by atoms with E-state index in [2.05, 4.69) is 21.9 Å². The summed E-state index contributed by atoms with van der Waals surface area (Å²) in [5.74, 6) is 0.00317. The number of carbonyl (C=O) groups excluding carboxylic acids is 1. The number of hydrogen-bond donors (Lipinski definition) is 2. The standard InChI is InChI=1S/C29H25FN4O2/c1-4-22-28(31)25(23-13-12-21(16-26(23)30)36-27-11-6-7-14-33-27)17-24(29(22)32-5-2)19-9-8-10-20(15-19)34-18(3)35/h4-17H,2,31H2,1,3H3,(H,34,35)/b22-4-,32-29+. The number of nitrogens with one attached hydrogen (secondary N) is 1. The molecule has 180 valence electrons. The van der Waals surface area contributed by atoms with Crippen molar-refractivity contribution in [3.05, 3.63) is 120 Å². The molecule has 6 nitrogen and oxygen atoms in total. The summed E-state index contributed by atoms with van der Waals surface area (Å²) in [6.07, 6.45) is 6.67. The van der Waals surface area contributed by atoms with E-state index in [9.17, 15) is 4.79 Å². The lowest BCUT2D eigenvalue weighted by Gasteiger charge is -2.24. The topological polar surface area (TPSA) is 89.6 Å². The van der Waals surface area contributed by atoms with E-state index >= 15 is 4.39 Å². The van der Waals surface area contributed by atoms with Gasteiger partial charge in [-0.3, -0.25) is 9.79 Å². The van der Waals surface area contributed by atoms with Crippen LogP contribution in [-0.2, 0) is 4.79 Å². The Kier molecular flexibility index (Phi) is 7.20. The lowest BCUT2D eigenvalue weighted by Crippen LogP contribution is -2.19. The number of nitrogens with two attached hydrogens (primary N) is 1. The van der Waals surface area contributed by atoms with Crippen molar-refractivity contribution in [3.8, 4) is 11.6 Å². The lowest BCUT2D eigenvalue weighted by molar-refractivity contribution is -0.114. The van der Waals surface area contributed by atoms with Gasteiger partial charge in [0.05, 0.1) is 5.71 Å². The van der Waals surface area contributed by atoms with Crippen LogP contribution in [0.1, 0.15) is 25.0 Å². The van der Waals surface area contributed by atoms with E-state index in [1.807, 2.05) is 31.2 Å². The lowest BCUT2D eigenvalue weighted by atomic mass is 9.83. The maximum absolute atomic E-state index is 15.4. The number of carbonyl (C=O) groups is 1. The molecule has 3 aromatic rings. The SMILES string of the molecule is C=C/N=C1/C(c2cccc(NC(C)=O)c2)=CC(c2ccc(Oc3ccccn3)cc2F)=C(N)/C1=C/C. The van der Waals surface area contributed by atoms with Crippen LogP contribution in [0.5, 0.6) is 11.6 Å². The number of ether oxygens (including phenoxy) is 1. The van der Waals surface area contributed by atoms with Crippen LogP contribution < -0.4 is 15.8 Å². The average molecular weight is 481 g/mol. The molecule has 0 saturated heterocycles. The summed E-state index contributed by atoms with van der Waals surface area (Å²) in [5.41, 5.74) is 11.1. The first-order valence-electron chi connectivity index (χ1n) is 11.3. The van der Waals surface area contributed by atoms with Gasteiger partial charge in [0.2, 0.25) is 11.8 Å². The summed E-state index contributed by atoms with van der Waals surface area (Å²) in [5, 5.41) is 2.79. The van der Waals surface area contributed by atoms with Gasteiger partial charge in [-0.25, -0.2) is 9.37 Å². The molecule has 1 aromatic heterocycles. The number of rotatable bonds is 6. The molecule has 1 aliphatic carbocycles. The van der Waals surface area contributed by atoms with Crippen LogP contribution in [0.2, 0.25) is 0 Å². The number of benzene rings is 2. The number of nitrogens with zero attached hydrogens (tertiary/aromatic N) is 2. The van der Waals surface area contributed by atoms with Gasteiger partial charge in [0.25, 0.3) is 0 Å². The minimum atomic E-state index is -0.497. The Hall–Kier alpha value is -4.78. The van der Waals surface area contributed by atoms with Gasteiger partial charge in [0.15, 0.2) is 0 Å². The minimum Gasteiger partial charge on any atom is -0.439 e. The third-order valence-electron chi connectivity index (χ3n) is 5.47. The molecule has 0 saturated carbocycles. The molecular formula is C29H25FN4O2. The number of aliphatic imine (C=N–C) groups is 1. The molecule has 1 amide bonds. The predicted molar refractivity (Wildman–Crippen MR) is 142 cm³/mol. The second-order valence-corrected chi connectivity index (χ2v) is 7.92. The van der Waals surface area contributed by atoms with Gasteiger partial charge in [-0.2, -0.15) is 0 Å². The van der Waals surface area contributed by atoms with Gasteiger partial charge in [-0.15, -0.1) is 0 Å². The Morgan fingerprint density at radius 3 is 2.67 bits per heavy atom. The molecule has 0 bridgehead atoms. The summed E-state index contributed by atoms with van der Waals surface area (Å²) in [4.78, 5) is 20.1. The molecule has 36 heavy (non-hydrogen) atoms. The molecule has 3 N–H and O–H groups in total. The normalized spacial score (nSPS) is 15.6. The largest absolute Gasteiger partial charge is 0.439 e. The van der Waals surface area contributed by atoms with Gasteiger partial charge in [0, 0.05) is 65.1 Å². The Morgan fingerprint density at radius 2 is 2.00 bits per heavy atom. The first-order chi connectivity index (χ1) is 17.4. The van der Waals surface area contributed by atoms with E-state index in [1.54, 1.807) is 48.7 Å². The first kappa shape index (κ1) is 24.3. The molecule has 1 heterocycles. The quantitative estimate of drug-likeness (QED) is 0.435. The molecule has 0 spiro atoms. The molecule has 0 radical (unpaired) electrons. The monoisotopic (exact) mass is 480 g/mol. The number of aromatic nitrogens is 1. The van der Waals surface area contributed by atoms with Crippen LogP contribution in [0, 0.1) is 5.82 Å². The highest BCUT2D eigenvalue weighted by Crippen LogP contribution is 2.37. The van der Waals surface area contributed by atoms with Crippen molar-refractivity contribution in [1.82, 2.24) is 4.98 Å². The molecule has 0 atom stereocenters. The molecule has 1 aliphatic rings. The Balaban J connectivity index is 1.81. The van der Waals surface area contributed by atoms with Crippen LogP contribution in [0.25, 0.3) is 11.1 Å². The van der Waals surface area contributed by atoms with Crippen molar-refractivity contribution >= 4 is 28.5 Å². The van der Waals surface area contributed by atoms with Crippen LogP contribution in [0.3, 0.4) is 0 Å². The highest BCUT2D eigenvalue weighted by molar-refractivity contribution is 6.37. The van der Waals surface area contributed by atoms with Gasteiger partial charge in [-0.1, -0.05) is 30.9 Å². The van der Waals surface area contributed by atoms with E-state index in [0.29, 0.717) is 51.0 Å². The van der Waals surface area contributed by atoms with Gasteiger partial charge in [0.1, 0.15) is 11.6 Å². The Labute approximate surface area is 209 Å². The van der Waals surface area contributed by atoms with Gasteiger partial charge >= 0.3 is 0 Å². The van der Waals surface area contributed by atoms with E-state index in [0.717, 1.165) is 5.56 Å². The van der Waals surface area contributed by atoms with Crippen molar-refractivity contribution in [2.75, 3.05) is 5.32 Å². The molecule has 7 heteroatoms. The second kappa shape index (κ2) is 10.7. The van der Waals surface area contributed by atoms with E-state index in [-0.39, 0.29) is 5.91 Å². The van der Waals surface area contributed by atoms with Crippen molar-refractivity contribution in [1.29, 1.82) is 0 Å². The highest BCUT2D eigenvalue weighted by atomic mass is 19.1. The van der Waals surface area contributed by atoms with Gasteiger partial charge < -0.3 is 15.8 Å². The second-order valence-electron chi connectivity index (χ2n) is 7.92. The van der Waals surface area contributed by atoms with Crippen molar-refractivity contribution in [2.45, 2.75) is 13.8 Å². The molecule has 0 aliphatic heterocycles. The van der Waals surface area contributed by atoms with Crippen molar-refractivity contribution in [2.24, 2.45) is 10.7 Å². The fourth-order valence-corrected chi connectivity index (χ4v) is 3.95.